The highest BCUT2D eigenvalue weighted by Crippen LogP contribution is 2.26. The van der Waals surface area contributed by atoms with Crippen LogP contribution in [0, 0.1) is 5.92 Å². The normalized spacial score (nSPS) is 23.0. The molecular formula is C18H27ClN2O. The van der Waals surface area contributed by atoms with Crippen LogP contribution in [0.25, 0.3) is 0 Å². The van der Waals surface area contributed by atoms with Crippen LogP contribution >= 0.6 is 12.4 Å². The van der Waals surface area contributed by atoms with E-state index in [0.717, 1.165) is 38.2 Å². The molecular weight excluding hydrogens is 296 g/mol. The van der Waals surface area contributed by atoms with Crippen LogP contribution in [0.4, 0.5) is 0 Å². The Labute approximate surface area is 139 Å². The van der Waals surface area contributed by atoms with E-state index < -0.39 is 0 Å². The molecule has 1 amide bonds. The van der Waals surface area contributed by atoms with E-state index in [2.05, 4.69) is 30.4 Å². The summed E-state index contributed by atoms with van der Waals surface area (Å²) in [6, 6.07) is 8.35. The average Bonchev–Trinajstić information content (AvgIpc) is 2.55. The summed E-state index contributed by atoms with van der Waals surface area (Å²) in [5.41, 5.74) is 2.22. The fraction of sp³-hybridized carbons (Fsp3) is 0.611. The second-order valence-electron chi connectivity index (χ2n) is 6.65. The second kappa shape index (κ2) is 7.98. The predicted octanol–water partition coefficient (Wildman–Crippen LogP) is 3.45. The number of hydrogen-bond donors (Lipinski definition) is 1. The van der Waals surface area contributed by atoms with Crippen LogP contribution in [0.3, 0.4) is 0 Å². The van der Waals surface area contributed by atoms with Crippen molar-refractivity contribution in [2.75, 3.05) is 26.2 Å². The zero-order valence-electron chi connectivity index (χ0n) is 13.4. The lowest BCUT2D eigenvalue weighted by Gasteiger charge is -2.31. The Morgan fingerprint density at radius 1 is 1.23 bits per heavy atom. The molecule has 1 aromatic carbocycles. The first-order valence-electron chi connectivity index (χ1n) is 8.34. The van der Waals surface area contributed by atoms with Gasteiger partial charge in [-0.2, -0.15) is 0 Å². The molecule has 0 radical (unpaired) electrons. The molecule has 1 unspecified atom stereocenters. The first-order valence-corrected chi connectivity index (χ1v) is 8.34. The van der Waals surface area contributed by atoms with Gasteiger partial charge in [0.1, 0.15) is 0 Å². The molecule has 3 nitrogen and oxygen atoms in total. The lowest BCUT2D eigenvalue weighted by molar-refractivity contribution is 0.0683. The van der Waals surface area contributed by atoms with Crippen molar-refractivity contribution in [1.29, 1.82) is 0 Å². The van der Waals surface area contributed by atoms with Gasteiger partial charge in [-0.3, -0.25) is 4.79 Å². The van der Waals surface area contributed by atoms with Gasteiger partial charge in [-0.15, -0.1) is 12.4 Å². The van der Waals surface area contributed by atoms with Gasteiger partial charge in [-0.1, -0.05) is 19.1 Å². The van der Waals surface area contributed by atoms with Crippen molar-refractivity contribution < 1.29 is 4.79 Å². The van der Waals surface area contributed by atoms with Crippen LogP contribution in [0.15, 0.2) is 24.3 Å². The third-order valence-corrected chi connectivity index (χ3v) is 4.89. The third-order valence-electron chi connectivity index (χ3n) is 4.89. The molecule has 122 valence electrons. The fourth-order valence-corrected chi connectivity index (χ4v) is 3.64. The van der Waals surface area contributed by atoms with E-state index in [0.29, 0.717) is 11.8 Å². The van der Waals surface area contributed by atoms with E-state index in [9.17, 15) is 4.79 Å². The van der Waals surface area contributed by atoms with Gasteiger partial charge < -0.3 is 10.2 Å². The second-order valence-corrected chi connectivity index (χ2v) is 6.65. The Kier molecular flexibility index (Phi) is 6.27. The zero-order chi connectivity index (χ0) is 14.7. The highest BCUT2D eigenvalue weighted by Gasteiger charge is 2.23. The van der Waals surface area contributed by atoms with E-state index in [1.54, 1.807) is 0 Å². The number of amides is 1. The summed E-state index contributed by atoms with van der Waals surface area (Å²) >= 11 is 0. The van der Waals surface area contributed by atoms with Crippen molar-refractivity contribution >= 4 is 18.3 Å². The van der Waals surface area contributed by atoms with Crippen molar-refractivity contribution in [3.05, 3.63) is 35.4 Å². The van der Waals surface area contributed by atoms with Gasteiger partial charge >= 0.3 is 0 Å². The fourth-order valence-electron chi connectivity index (χ4n) is 3.64. The Hall–Kier alpha value is -1.06. The minimum atomic E-state index is 0. The van der Waals surface area contributed by atoms with Crippen molar-refractivity contribution in [2.45, 2.75) is 38.5 Å². The van der Waals surface area contributed by atoms with Crippen LogP contribution in [0.5, 0.6) is 0 Å². The molecule has 2 aliphatic rings. The molecule has 0 spiro atoms. The molecule has 2 fully saturated rings. The average molecular weight is 323 g/mol. The lowest BCUT2D eigenvalue weighted by Crippen LogP contribution is -2.39. The standard InChI is InChI=1S/C18H26N2O.ClH/c1-14-4-3-11-20(13-14)18(21)17-6-2-5-16(12-17)15-7-9-19-10-8-15;/h2,5-6,12,14-15,19H,3-4,7-11,13H2,1H3;1H. The van der Waals surface area contributed by atoms with Gasteiger partial charge in [0.15, 0.2) is 0 Å². The Morgan fingerprint density at radius 2 is 2.00 bits per heavy atom. The van der Waals surface area contributed by atoms with Gasteiger partial charge in [0.05, 0.1) is 0 Å². The minimum absolute atomic E-state index is 0. The molecule has 0 aliphatic carbocycles. The van der Waals surface area contributed by atoms with E-state index in [1.165, 1.54) is 24.8 Å². The van der Waals surface area contributed by atoms with Gasteiger partial charge in [-0.25, -0.2) is 0 Å². The minimum Gasteiger partial charge on any atom is -0.338 e. The van der Waals surface area contributed by atoms with Crippen molar-refractivity contribution in [3.63, 3.8) is 0 Å². The van der Waals surface area contributed by atoms with E-state index in [4.69, 9.17) is 0 Å². The smallest absolute Gasteiger partial charge is 0.253 e. The number of nitrogens with zero attached hydrogens (tertiary/aromatic N) is 1. The van der Waals surface area contributed by atoms with Crippen LogP contribution in [-0.4, -0.2) is 37.0 Å². The maximum Gasteiger partial charge on any atom is 0.253 e. The largest absolute Gasteiger partial charge is 0.338 e. The summed E-state index contributed by atoms with van der Waals surface area (Å²) in [4.78, 5) is 14.7. The first-order chi connectivity index (χ1) is 10.2. The molecule has 1 aromatic rings. The maximum absolute atomic E-state index is 12.7. The molecule has 0 saturated carbocycles. The summed E-state index contributed by atoms with van der Waals surface area (Å²) in [6.07, 6.45) is 4.75. The highest BCUT2D eigenvalue weighted by molar-refractivity contribution is 5.94. The zero-order valence-corrected chi connectivity index (χ0v) is 14.2. The van der Waals surface area contributed by atoms with Gasteiger partial charge in [0, 0.05) is 18.7 Å². The SMILES string of the molecule is CC1CCCN(C(=O)c2cccc(C3CCNCC3)c2)C1.Cl. The molecule has 0 bridgehead atoms. The molecule has 2 saturated heterocycles. The van der Waals surface area contributed by atoms with Crippen molar-refractivity contribution in [3.8, 4) is 0 Å². The lowest BCUT2D eigenvalue weighted by atomic mass is 9.89. The van der Waals surface area contributed by atoms with Crippen LogP contribution in [0.2, 0.25) is 0 Å². The van der Waals surface area contributed by atoms with Crippen LogP contribution in [-0.2, 0) is 0 Å². The van der Waals surface area contributed by atoms with Gasteiger partial charge in [0.2, 0.25) is 0 Å². The number of halogens is 1. The summed E-state index contributed by atoms with van der Waals surface area (Å²) in [7, 11) is 0. The first kappa shape index (κ1) is 17.3. The molecule has 2 aliphatic heterocycles. The number of hydrogen-bond acceptors (Lipinski definition) is 2. The molecule has 1 N–H and O–H groups in total. The number of carbonyl (C=O) groups is 1. The third kappa shape index (κ3) is 4.02. The number of piperidine rings is 2. The molecule has 3 rings (SSSR count). The van der Waals surface area contributed by atoms with Crippen LogP contribution in [0.1, 0.15) is 54.4 Å². The van der Waals surface area contributed by atoms with Crippen molar-refractivity contribution in [1.82, 2.24) is 10.2 Å². The summed E-state index contributed by atoms with van der Waals surface area (Å²) in [6.45, 7) is 6.25. The Balaban J connectivity index is 0.00000176. The number of nitrogens with one attached hydrogen (secondary N) is 1. The quantitative estimate of drug-likeness (QED) is 0.904. The van der Waals surface area contributed by atoms with E-state index in [1.807, 2.05) is 11.0 Å². The molecule has 22 heavy (non-hydrogen) atoms. The number of likely N-dealkylation sites (tertiary alicyclic amines) is 1. The number of carbonyl (C=O) groups excluding carboxylic acids is 1. The summed E-state index contributed by atoms with van der Waals surface area (Å²) in [5, 5.41) is 3.40. The highest BCUT2D eigenvalue weighted by atomic mass is 35.5. The number of rotatable bonds is 2. The number of benzene rings is 1. The Morgan fingerprint density at radius 3 is 2.73 bits per heavy atom. The molecule has 1 atom stereocenters. The monoisotopic (exact) mass is 322 g/mol. The topological polar surface area (TPSA) is 32.3 Å². The predicted molar refractivity (Wildman–Crippen MR) is 92.8 cm³/mol. The summed E-state index contributed by atoms with van der Waals surface area (Å²) < 4.78 is 0. The molecule has 4 heteroatoms. The maximum atomic E-state index is 12.7. The van der Waals surface area contributed by atoms with Gasteiger partial charge in [-0.05, 0) is 68.3 Å². The van der Waals surface area contributed by atoms with E-state index >= 15 is 0 Å². The molecule has 0 aromatic heterocycles. The van der Waals surface area contributed by atoms with E-state index in [-0.39, 0.29) is 18.3 Å². The van der Waals surface area contributed by atoms with Crippen molar-refractivity contribution in [2.24, 2.45) is 5.92 Å². The summed E-state index contributed by atoms with van der Waals surface area (Å²) in [5.74, 6) is 1.46. The van der Waals surface area contributed by atoms with Gasteiger partial charge in [0.25, 0.3) is 5.91 Å². The Bertz CT molecular complexity index is 500. The molecule has 2 heterocycles. The van der Waals surface area contributed by atoms with Crippen LogP contribution < -0.4 is 5.32 Å².